The molecule has 0 saturated carbocycles. The van der Waals surface area contributed by atoms with Gasteiger partial charge in [0, 0.05) is 0 Å². The van der Waals surface area contributed by atoms with Crippen LogP contribution in [0.3, 0.4) is 0 Å². The van der Waals surface area contributed by atoms with Gasteiger partial charge in [-0.15, -0.1) is 0 Å². The van der Waals surface area contributed by atoms with Gasteiger partial charge in [-0.05, 0) is 68.5 Å². The number of halogens is 1. The molecule has 0 aliphatic carbocycles. The number of para-hydroxylation sites is 2. The van der Waals surface area contributed by atoms with Crippen molar-refractivity contribution in [1.82, 2.24) is 0 Å². The summed E-state index contributed by atoms with van der Waals surface area (Å²) in [6, 6.07) is 11.9. The van der Waals surface area contributed by atoms with Crippen molar-refractivity contribution in [3.63, 3.8) is 0 Å². The molecule has 216 valence electrons. The van der Waals surface area contributed by atoms with Crippen LogP contribution in [-0.2, 0) is 9.47 Å². The smallest absolute Gasteiger partial charge is 0.427 e. The first-order valence-electron chi connectivity index (χ1n) is 13.6. The van der Waals surface area contributed by atoms with E-state index in [1.54, 1.807) is 0 Å². The van der Waals surface area contributed by atoms with E-state index in [4.69, 9.17) is 18.9 Å². The lowest BCUT2D eigenvalue weighted by Gasteiger charge is -2.33. The molecule has 0 aliphatic heterocycles. The zero-order valence-corrected chi connectivity index (χ0v) is 27.2. The molecule has 0 bridgehead atoms. The average Bonchev–Trinajstić information content (AvgIpc) is 2.85. The lowest BCUT2D eigenvalue weighted by atomic mass is 9.94. The zero-order valence-electron chi connectivity index (χ0n) is 25.0. The quantitative estimate of drug-likeness (QED) is 0.0459. The van der Waals surface area contributed by atoms with Gasteiger partial charge >= 0.3 is 12.3 Å². The third-order valence-corrected chi connectivity index (χ3v) is 8.49. The Bertz CT molecular complexity index is 1070. The third-order valence-electron chi connectivity index (χ3n) is 6.62. The molecule has 0 aliphatic rings. The van der Waals surface area contributed by atoms with Crippen LogP contribution in [0.1, 0.15) is 101 Å². The molecule has 1 unspecified atom stereocenters. The van der Waals surface area contributed by atoms with Crippen molar-refractivity contribution in [3.8, 4) is 11.5 Å². The van der Waals surface area contributed by atoms with E-state index < -0.39 is 12.3 Å². The van der Waals surface area contributed by atoms with E-state index >= 15 is 0 Å². The van der Waals surface area contributed by atoms with Crippen LogP contribution in [0.5, 0.6) is 11.5 Å². The largest absolute Gasteiger partial charge is 0.518 e. The molecule has 0 aromatic heterocycles. The highest BCUT2D eigenvalue weighted by Crippen LogP contribution is 2.36. The Morgan fingerprint density at radius 3 is 1.33 bits per heavy atom. The minimum Gasteiger partial charge on any atom is -0.427 e. The first-order chi connectivity index (χ1) is 18.2. The molecular weight excluding hydrogens is 609 g/mol. The Morgan fingerprint density at radius 2 is 1.00 bits per heavy atom. The maximum atomic E-state index is 12.7. The standard InChI is InChI=1S/C31H45INO6/c1-19(2)23-13-11-14-24(20(3)4)28(23)38-30(34)36-17-27(32)33(9,10)18-37-31(35)39-29-25(21(5)6)15-12-16-26(29)22(7)8/h11-16,19-22,27H,17-18H2,1-10H3/q+1. The summed E-state index contributed by atoms with van der Waals surface area (Å²) in [7, 11) is 3.79. The van der Waals surface area contributed by atoms with Crippen molar-refractivity contribution in [2.75, 3.05) is 27.4 Å². The first kappa shape index (κ1) is 32.9. The number of rotatable bonds is 11. The van der Waals surface area contributed by atoms with Crippen LogP contribution in [0.4, 0.5) is 9.59 Å². The Morgan fingerprint density at radius 1 is 0.667 bits per heavy atom. The number of hydrogen-bond donors (Lipinski definition) is 0. The number of benzene rings is 2. The lowest BCUT2D eigenvalue weighted by molar-refractivity contribution is -0.913. The fourth-order valence-electron chi connectivity index (χ4n) is 4.07. The minimum atomic E-state index is -0.758. The number of likely N-dealkylation sites (N-methyl/N-ethyl adjacent to an activating group) is 1. The fourth-order valence-corrected chi connectivity index (χ4v) is 4.41. The molecule has 0 heterocycles. The van der Waals surface area contributed by atoms with E-state index in [0.717, 1.165) is 22.3 Å². The zero-order chi connectivity index (χ0) is 29.5. The van der Waals surface area contributed by atoms with Crippen molar-refractivity contribution in [2.24, 2.45) is 0 Å². The molecule has 2 rings (SSSR count). The molecule has 0 amide bonds. The minimum absolute atomic E-state index is 0.0411. The van der Waals surface area contributed by atoms with Gasteiger partial charge in [0.05, 0.1) is 14.1 Å². The summed E-state index contributed by atoms with van der Waals surface area (Å²) < 4.78 is 22.5. The van der Waals surface area contributed by atoms with Crippen molar-refractivity contribution < 1.29 is 33.0 Å². The molecule has 0 N–H and O–H groups in total. The first-order valence-corrected chi connectivity index (χ1v) is 14.8. The van der Waals surface area contributed by atoms with Crippen molar-refractivity contribution >= 4 is 34.9 Å². The summed E-state index contributed by atoms with van der Waals surface area (Å²) in [5, 5.41) is 0. The van der Waals surface area contributed by atoms with Gasteiger partial charge in [0.15, 0.2) is 10.7 Å². The molecule has 2 aromatic rings. The fraction of sp³-hybridized carbons (Fsp3) is 0.548. The number of quaternary nitrogens is 1. The second-order valence-corrected chi connectivity index (χ2v) is 13.1. The summed E-state index contributed by atoms with van der Waals surface area (Å²) in [6.07, 6.45) is -1.51. The van der Waals surface area contributed by atoms with E-state index in [1.807, 2.05) is 50.5 Å². The van der Waals surface area contributed by atoms with Gasteiger partial charge in [0.2, 0.25) is 6.73 Å². The second kappa shape index (κ2) is 14.3. The molecule has 39 heavy (non-hydrogen) atoms. The van der Waals surface area contributed by atoms with Crippen molar-refractivity contribution in [2.45, 2.75) is 83.1 Å². The maximum Gasteiger partial charge on any atom is 0.518 e. The highest BCUT2D eigenvalue weighted by Gasteiger charge is 2.30. The predicted octanol–water partition coefficient (Wildman–Crippen LogP) is 8.71. The Labute approximate surface area is 247 Å². The van der Waals surface area contributed by atoms with Gasteiger partial charge < -0.3 is 18.9 Å². The van der Waals surface area contributed by atoms with Crippen LogP contribution < -0.4 is 9.47 Å². The number of ether oxygens (including phenoxy) is 4. The molecular formula is C31H45INO6+. The highest BCUT2D eigenvalue weighted by atomic mass is 127. The number of hydrogen-bond acceptors (Lipinski definition) is 6. The number of nitrogens with zero attached hydrogens (tertiary/aromatic N) is 1. The summed E-state index contributed by atoms with van der Waals surface area (Å²) in [5.41, 5.74) is 3.86. The third kappa shape index (κ3) is 9.10. The maximum absolute atomic E-state index is 12.7. The normalized spacial score (nSPS) is 12.7. The summed E-state index contributed by atoms with van der Waals surface area (Å²) in [6.45, 7) is 16.6. The Kier molecular flexibility index (Phi) is 12.1. The van der Waals surface area contributed by atoms with E-state index in [0.29, 0.717) is 11.5 Å². The van der Waals surface area contributed by atoms with Gasteiger partial charge in [-0.1, -0.05) is 91.8 Å². The molecule has 0 fully saturated rings. The van der Waals surface area contributed by atoms with E-state index in [2.05, 4.69) is 78.0 Å². The molecule has 1 atom stereocenters. The van der Waals surface area contributed by atoms with Gasteiger partial charge in [-0.2, -0.15) is 0 Å². The monoisotopic (exact) mass is 654 g/mol. The molecule has 8 heteroatoms. The van der Waals surface area contributed by atoms with Crippen LogP contribution in [0.25, 0.3) is 0 Å². The van der Waals surface area contributed by atoms with Crippen LogP contribution in [0, 0.1) is 0 Å². The topological polar surface area (TPSA) is 71.1 Å². The van der Waals surface area contributed by atoms with Crippen molar-refractivity contribution in [3.05, 3.63) is 58.7 Å². The van der Waals surface area contributed by atoms with Crippen LogP contribution in [-0.4, -0.2) is 48.3 Å². The van der Waals surface area contributed by atoms with Crippen LogP contribution in [0.2, 0.25) is 0 Å². The lowest BCUT2D eigenvalue weighted by Crippen LogP contribution is -2.50. The van der Waals surface area contributed by atoms with Crippen LogP contribution in [0.15, 0.2) is 36.4 Å². The Balaban J connectivity index is 2.00. The van der Waals surface area contributed by atoms with Gasteiger partial charge in [0.25, 0.3) is 0 Å². The molecule has 0 spiro atoms. The molecule has 0 radical (unpaired) electrons. The van der Waals surface area contributed by atoms with Crippen LogP contribution >= 0.6 is 22.6 Å². The number of carbonyl (C=O) groups is 2. The highest BCUT2D eigenvalue weighted by molar-refractivity contribution is 14.1. The van der Waals surface area contributed by atoms with Gasteiger partial charge in [-0.25, -0.2) is 9.59 Å². The summed E-state index contributed by atoms with van der Waals surface area (Å²) in [5.74, 6) is 1.91. The molecule has 2 aromatic carbocycles. The number of carbonyl (C=O) groups excluding carboxylic acids is 2. The average molecular weight is 655 g/mol. The van der Waals surface area contributed by atoms with E-state index in [1.165, 1.54) is 0 Å². The SMILES string of the molecule is CC(C)c1cccc(C(C)C)c1OC(=O)OCC(I)[N+](C)(C)COC(=O)Oc1c(C(C)C)cccc1C(C)C. The predicted molar refractivity (Wildman–Crippen MR) is 163 cm³/mol. The number of alkyl halides is 1. The van der Waals surface area contributed by atoms with Crippen molar-refractivity contribution in [1.29, 1.82) is 0 Å². The Hall–Kier alpha value is -2.33. The summed E-state index contributed by atoms with van der Waals surface area (Å²) >= 11 is 2.19. The van der Waals surface area contributed by atoms with E-state index in [9.17, 15) is 9.59 Å². The molecule has 0 saturated heterocycles. The summed E-state index contributed by atoms with van der Waals surface area (Å²) in [4.78, 5) is 25.4. The van der Waals surface area contributed by atoms with E-state index in [-0.39, 0.29) is 45.5 Å². The van der Waals surface area contributed by atoms with Gasteiger partial charge in [0.1, 0.15) is 11.5 Å². The van der Waals surface area contributed by atoms with Gasteiger partial charge in [-0.3, -0.25) is 4.48 Å². The second-order valence-electron chi connectivity index (χ2n) is 11.7. The molecule has 7 nitrogen and oxygen atoms in total.